The Morgan fingerprint density at radius 3 is 2.60 bits per heavy atom. The highest BCUT2D eigenvalue weighted by Crippen LogP contribution is 2.40. The average Bonchev–Trinajstić information content (AvgIpc) is 3.08. The molecule has 0 radical (unpaired) electrons. The lowest BCUT2D eigenvalue weighted by Crippen LogP contribution is -2.65. The van der Waals surface area contributed by atoms with E-state index in [0.717, 1.165) is 0 Å². The molecule has 0 saturated carbocycles. The summed E-state index contributed by atoms with van der Waals surface area (Å²) in [7, 11) is 0. The highest BCUT2D eigenvalue weighted by molar-refractivity contribution is 6.02. The molecule has 1 aromatic carbocycles. The van der Waals surface area contributed by atoms with Crippen molar-refractivity contribution in [2.45, 2.75) is 36.6 Å². The Labute approximate surface area is 143 Å². The highest BCUT2D eigenvalue weighted by atomic mass is 16.8. The molecule has 1 saturated heterocycles. The first-order valence-corrected chi connectivity index (χ1v) is 8.02. The van der Waals surface area contributed by atoms with E-state index in [1.54, 1.807) is 18.2 Å². The smallest absolute Gasteiger partial charge is 0.271 e. The monoisotopic (exact) mass is 353 g/mol. The van der Waals surface area contributed by atoms with Gasteiger partial charge in [-0.3, -0.25) is 0 Å². The third-order valence-electron chi connectivity index (χ3n) is 4.64. The maximum absolute atomic E-state index is 10.3. The molecule has 0 amide bonds. The molecule has 0 bridgehead atoms. The molecular formula is C16H19NO8. The van der Waals surface area contributed by atoms with Crippen LogP contribution in [0.1, 0.15) is 12.0 Å². The molecular weight excluding hydrogens is 334 g/mol. The number of benzene rings is 1. The van der Waals surface area contributed by atoms with Gasteiger partial charge in [0.15, 0.2) is 17.6 Å². The van der Waals surface area contributed by atoms with Crippen LogP contribution in [0, 0.1) is 0 Å². The SMILES string of the molecule is OC[C@H]1O[C@@]2(CC(c3ccc4c(c3)OCCO4)=NO2)[C@H](O)[C@@H](O)[C@@H]1O. The predicted octanol–water partition coefficient (Wildman–Crippen LogP) is -1.25. The van der Waals surface area contributed by atoms with Gasteiger partial charge in [0.05, 0.1) is 18.7 Å². The molecule has 3 aliphatic heterocycles. The molecule has 4 N–H and O–H groups in total. The van der Waals surface area contributed by atoms with Crippen molar-refractivity contribution in [1.29, 1.82) is 0 Å². The first-order chi connectivity index (χ1) is 12.0. The molecule has 9 nitrogen and oxygen atoms in total. The topological polar surface area (TPSA) is 130 Å². The second kappa shape index (κ2) is 6.11. The number of nitrogens with zero attached hydrogens (tertiary/aromatic N) is 1. The van der Waals surface area contributed by atoms with Crippen LogP contribution in [0.4, 0.5) is 0 Å². The van der Waals surface area contributed by atoms with Gasteiger partial charge < -0.3 is 39.5 Å². The van der Waals surface area contributed by atoms with Gasteiger partial charge >= 0.3 is 0 Å². The fourth-order valence-corrected chi connectivity index (χ4v) is 3.24. The molecule has 5 atom stereocenters. The zero-order valence-electron chi connectivity index (χ0n) is 13.2. The van der Waals surface area contributed by atoms with Crippen molar-refractivity contribution >= 4 is 5.71 Å². The number of aliphatic hydroxyl groups is 4. The summed E-state index contributed by atoms with van der Waals surface area (Å²) in [5.74, 6) is -0.437. The molecule has 136 valence electrons. The normalized spacial score (nSPS) is 36.9. The molecule has 9 heteroatoms. The van der Waals surface area contributed by atoms with Gasteiger partial charge in [0, 0.05) is 5.56 Å². The van der Waals surface area contributed by atoms with Crippen molar-refractivity contribution in [2.24, 2.45) is 5.16 Å². The zero-order valence-corrected chi connectivity index (χ0v) is 13.2. The third kappa shape index (κ3) is 2.64. The van der Waals surface area contributed by atoms with E-state index in [9.17, 15) is 20.4 Å². The van der Waals surface area contributed by atoms with Crippen molar-refractivity contribution in [3.8, 4) is 11.5 Å². The molecule has 1 fully saturated rings. The minimum atomic E-state index is -1.66. The summed E-state index contributed by atoms with van der Waals surface area (Å²) in [5, 5.41) is 43.5. The van der Waals surface area contributed by atoms with Crippen LogP contribution in [0.5, 0.6) is 11.5 Å². The number of rotatable bonds is 2. The number of hydrogen-bond donors (Lipinski definition) is 4. The second-order valence-electron chi connectivity index (χ2n) is 6.24. The average molecular weight is 353 g/mol. The lowest BCUT2D eigenvalue weighted by molar-refractivity contribution is -0.355. The highest BCUT2D eigenvalue weighted by Gasteiger charge is 2.58. The van der Waals surface area contributed by atoms with Crippen molar-refractivity contribution in [1.82, 2.24) is 0 Å². The van der Waals surface area contributed by atoms with Gasteiger partial charge in [-0.25, -0.2) is 0 Å². The Bertz CT molecular complexity index is 693. The maximum atomic E-state index is 10.3. The van der Waals surface area contributed by atoms with Gasteiger partial charge in [-0.15, -0.1) is 0 Å². The first kappa shape index (κ1) is 16.6. The lowest BCUT2D eigenvalue weighted by atomic mass is 9.89. The molecule has 25 heavy (non-hydrogen) atoms. The van der Waals surface area contributed by atoms with E-state index in [1.165, 1.54) is 0 Å². The van der Waals surface area contributed by atoms with Gasteiger partial charge in [-0.1, -0.05) is 5.16 Å². The van der Waals surface area contributed by atoms with Crippen LogP contribution in [0.15, 0.2) is 23.4 Å². The zero-order chi connectivity index (χ0) is 17.6. The number of hydrogen-bond acceptors (Lipinski definition) is 9. The number of aliphatic hydroxyl groups excluding tert-OH is 4. The van der Waals surface area contributed by atoms with E-state index in [1.807, 2.05) is 0 Å². The van der Waals surface area contributed by atoms with E-state index >= 15 is 0 Å². The van der Waals surface area contributed by atoms with Crippen molar-refractivity contribution in [3.05, 3.63) is 23.8 Å². The van der Waals surface area contributed by atoms with E-state index in [2.05, 4.69) is 5.16 Å². The van der Waals surface area contributed by atoms with Crippen LogP contribution in [-0.2, 0) is 9.57 Å². The Morgan fingerprint density at radius 2 is 1.84 bits per heavy atom. The predicted molar refractivity (Wildman–Crippen MR) is 82.4 cm³/mol. The van der Waals surface area contributed by atoms with Crippen molar-refractivity contribution < 1.29 is 39.5 Å². The molecule has 0 aromatic heterocycles. The van der Waals surface area contributed by atoms with Crippen LogP contribution in [-0.4, -0.2) is 76.2 Å². The van der Waals surface area contributed by atoms with Gasteiger partial charge in [0.25, 0.3) is 5.79 Å². The lowest BCUT2D eigenvalue weighted by Gasteiger charge is -2.44. The van der Waals surface area contributed by atoms with Gasteiger partial charge in [-0.2, -0.15) is 0 Å². The second-order valence-corrected chi connectivity index (χ2v) is 6.24. The van der Waals surface area contributed by atoms with Gasteiger partial charge in [0.1, 0.15) is 31.5 Å². The summed E-state index contributed by atoms with van der Waals surface area (Å²) in [6.07, 6.45) is -5.53. The summed E-state index contributed by atoms with van der Waals surface area (Å²) in [5.41, 5.74) is 1.18. The molecule has 0 aliphatic carbocycles. The molecule has 1 spiro atoms. The quantitative estimate of drug-likeness (QED) is 0.519. The van der Waals surface area contributed by atoms with Crippen molar-refractivity contribution in [2.75, 3.05) is 19.8 Å². The molecule has 4 rings (SSSR count). The van der Waals surface area contributed by atoms with E-state index in [-0.39, 0.29) is 6.42 Å². The van der Waals surface area contributed by atoms with Gasteiger partial charge in [0.2, 0.25) is 0 Å². The van der Waals surface area contributed by atoms with Crippen LogP contribution < -0.4 is 9.47 Å². The summed E-state index contributed by atoms with van der Waals surface area (Å²) >= 11 is 0. The molecule has 3 aliphatic rings. The standard InChI is InChI=1S/C16H19NO8/c18-7-12-13(19)14(20)15(21)16(24-12)6-9(17-25-16)8-1-2-10-11(5-8)23-4-3-22-10/h1-2,5,12-15,18-21H,3-4,6-7H2/t12-,13-,14+,15-,16-/m1/s1. The summed E-state index contributed by atoms with van der Waals surface area (Å²) in [4.78, 5) is 5.32. The fraction of sp³-hybridized carbons (Fsp3) is 0.562. The fourth-order valence-electron chi connectivity index (χ4n) is 3.24. The van der Waals surface area contributed by atoms with Crippen LogP contribution in [0.2, 0.25) is 0 Å². The maximum Gasteiger partial charge on any atom is 0.271 e. The Balaban J connectivity index is 1.57. The van der Waals surface area contributed by atoms with Crippen LogP contribution in [0.3, 0.4) is 0 Å². The first-order valence-electron chi connectivity index (χ1n) is 8.02. The summed E-state index contributed by atoms with van der Waals surface area (Å²) < 4.78 is 16.6. The minimum Gasteiger partial charge on any atom is -0.486 e. The number of fused-ring (bicyclic) bond motifs is 1. The van der Waals surface area contributed by atoms with Crippen molar-refractivity contribution in [3.63, 3.8) is 0 Å². The van der Waals surface area contributed by atoms with Gasteiger partial charge in [-0.05, 0) is 18.2 Å². The minimum absolute atomic E-state index is 0.0358. The third-order valence-corrected chi connectivity index (χ3v) is 4.64. The van der Waals surface area contributed by atoms with Crippen LogP contribution >= 0.6 is 0 Å². The Hall–Kier alpha value is -1.91. The number of ether oxygens (including phenoxy) is 3. The van der Waals surface area contributed by atoms with Crippen LogP contribution in [0.25, 0.3) is 0 Å². The number of oxime groups is 1. The Kier molecular flexibility index (Phi) is 4.05. The largest absolute Gasteiger partial charge is 0.486 e. The van der Waals surface area contributed by atoms with E-state index in [4.69, 9.17) is 19.0 Å². The van der Waals surface area contributed by atoms with E-state index < -0.39 is 36.8 Å². The molecule has 0 unspecified atom stereocenters. The molecule has 1 aromatic rings. The van der Waals surface area contributed by atoms with E-state index in [0.29, 0.717) is 36.0 Å². The Morgan fingerprint density at radius 1 is 1.08 bits per heavy atom. The summed E-state index contributed by atoms with van der Waals surface area (Å²) in [6.45, 7) is 0.408. The summed E-state index contributed by atoms with van der Waals surface area (Å²) in [6, 6.07) is 5.28. The molecule has 3 heterocycles.